The summed E-state index contributed by atoms with van der Waals surface area (Å²) in [6.45, 7) is 0.253. The third-order valence-corrected chi connectivity index (χ3v) is 3.91. The molecule has 0 amide bonds. The Kier molecular flexibility index (Phi) is 3.75. The Bertz CT molecular complexity index is 513. The molecular formula is C13H14NO2P. The first-order chi connectivity index (χ1) is 8.18. The summed E-state index contributed by atoms with van der Waals surface area (Å²) in [6, 6.07) is 18.4. The number of benzene rings is 2. The zero-order chi connectivity index (χ0) is 12.1. The molecule has 3 nitrogen and oxygen atoms in total. The van der Waals surface area contributed by atoms with Crippen LogP contribution in [0.1, 0.15) is 5.56 Å². The molecule has 2 rings (SSSR count). The lowest BCUT2D eigenvalue weighted by atomic mass is 10.2. The molecular weight excluding hydrogens is 233 g/mol. The molecule has 0 heterocycles. The Balaban J connectivity index is 2.06. The van der Waals surface area contributed by atoms with E-state index in [-0.39, 0.29) is 6.61 Å². The Labute approximate surface area is 101 Å². The Morgan fingerprint density at radius 3 is 2.06 bits per heavy atom. The van der Waals surface area contributed by atoms with E-state index in [0.717, 1.165) is 5.56 Å². The average Bonchev–Trinajstić information content (AvgIpc) is 2.39. The average molecular weight is 247 g/mol. The molecule has 0 aromatic heterocycles. The van der Waals surface area contributed by atoms with Crippen LogP contribution in [0.2, 0.25) is 0 Å². The highest BCUT2D eigenvalue weighted by Gasteiger charge is 2.19. The molecule has 0 spiro atoms. The summed E-state index contributed by atoms with van der Waals surface area (Å²) < 4.78 is 17.5. The molecule has 0 saturated carbocycles. The molecule has 0 aliphatic carbocycles. The van der Waals surface area contributed by atoms with Crippen molar-refractivity contribution < 1.29 is 9.09 Å². The topological polar surface area (TPSA) is 52.3 Å². The molecule has 1 atom stereocenters. The van der Waals surface area contributed by atoms with Gasteiger partial charge in [0.25, 0.3) is 7.52 Å². The summed E-state index contributed by atoms with van der Waals surface area (Å²) in [6.07, 6.45) is 0. The predicted octanol–water partition coefficient (Wildman–Crippen LogP) is 2.68. The highest BCUT2D eigenvalue weighted by molar-refractivity contribution is 7.64. The fraction of sp³-hybridized carbons (Fsp3) is 0.0769. The van der Waals surface area contributed by atoms with Gasteiger partial charge in [0, 0.05) is 0 Å². The van der Waals surface area contributed by atoms with Crippen LogP contribution >= 0.6 is 7.52 Å². The number of hydrogen-bond donors (Lipinski definition) is 1. The Hall–Kier alpha value is -1.41. The van der Waals surface area contributed by atoms with Crippen LogP contribution in [-0.4, -0.2) is 0 Å². The lowest BCUT2D eigenvalue weighted by Crippen LogP contribution is -2.13. The quantitative estimate of drug-likeness (QED) is 0.845. The van der Waals surface area contributed by atoms with Gasteiger partial charge in [-0.25, -0.2) is 0 Å². The van der Waals surface area contributed by atoms with E-state index in [1.54, 1.807) is 24.3 Å². The normalized spacial score (nSPS) is 14.2. The standard InChI is InChI=1S/C13H14NO2P/c14-17(15,13-9-5-2-6-10-13)16-11-12-7-3-1-4-8-12/h1-10H,11H2,(H2,14,15)/t17-/m0/s1. The van der Waals surface area contributed by atoms with Crippen LogP contribution in [0.5, 0.6) is 0 Å². The van der Waals surface area contributed by atoms with Crippen molar-refractivity contribution in [2.75, 3.05) is 0 Å². The van der Waals surface area contributed by atoms with E-state index in [4.69, 9.17) is 10.0 Å². The first-order valence-electron chi connectivity index (χ1n) is 5.31. The van der Waals surface area contributed by atoms with Gasteiger partial charge in [0.1, 0.15) is 0 Å². The molecule has 17 heavy (non-hydrogen) atoms. The van der Waals surface area contributed by atoms with E-state index < -0.39 is 7.52 Å². The molecule has 2 aromatic carbocycles. The van der Waals surface area contributed by atoms with Crippen molar-refractivity contribution in [2.45, 2.75) is 6.61 Å². The van der Waals surface area contributed by atoms with E-state index in [2.05, 4.69) is 0 Å². The zero-order valence-corrected chi connectivity index (χ0v) is 10.2. The number of rotatable bonds is 4. The Morgan fingerprint density at radius 2 is 1.47 bits per heavy atom. The molecule has 4 heteroatoms. The van der Waals surface area contributed by atoms with Crippen molar-refractivity contribution in [3.63, 3.8) is 0 Å². The molecule has 0 fully saturated rings. The maximum Gasteiger partial charge on any atom is 0.297 e. The van der Waals surface area contributed by atoms with Gasteiger partial charge in [-0.2, -0.15) is 0 Å². The number of nitrogens with two attached hydrogens (primary N) is 1. The smallest absolute Gasteiger partial charge is 0.297 e. The number of hydrogen-bond acceptors (Lipinski definition) is 2. The van der Waals surface area contributed by atoms with Gasteiger partial charge < -0.3 is 4.52 Å². The third-order valence-electron chi connectivity index (χ3n) is 2.38. The Morgan fingerprint density at radius 1 is 0.941 bits per heavy atom. The summed E-state index contributed by atoms with van der Waals surface area (Å²) in [5.41, 5.74) is 6.67. The van der Waals surface area contributed by atoms with Crippen molar-refractivity contribution in [3.05, 3.63) is 66.2 Å². The second-order valence-electron chi connectivity index (χ2n) is 3.69. The first kappa shape index (κ1) is 12.1. The summed E-state index contributed by atoms with van der Waals surface area (Å²) in [5, 5.41) is 0.538. The summed E-state index contributed by atoms with van der Waals surface area (Å²) in [4.78, 5) is 0. The van der Waals surface area contributed by atoms with Crippen LogP contribution in [0.15, 0.2) is 60.7 Å². The van der Waals surface area contributed by atoms with E-state index in [9.17, 15) is 4.57 Å². The third kappa shape index (κ3) is 3.27. The van der Waals surface area contributed by atoms with Crippen LogP contribution in [0.4, 0.5) is 0 Å². The fourth-order valence-corrected chi connectivity index (χ4v) is 2.53. The maximum absolute atomic E-state index is 12.1. The molecule has 0 aliphatic rings. The highest BCUT2D eigenvalue weighted by atomic mass is 31.2. The molecule has 0 radical (unpaired) electrons. The molecule has 0 unspecified atom stereocenters. The second-order valence-corrected chi connectivity index (χ2v) is 5.66. The molecule has 0 bridgehead atoms. The SMILES string of the molecule is N[P@@](=O)(OCc1ccccc1)c1ccccc1. The van der Waals surface area contributed by atoms with Crippen molar-refractivity contribution in [1.29, 1.82) is 0 Å². The van der Waals surface area contributed by atoms with Crippen LogP contribution in [-0.2, 0) is 15.7 Å². The van der Waals surface area contributed by atoms with Gasteiger partial charge in [0.05, 0.1) is 11.9 Å². The van der Waals surface area contributed by atoms with Crippen LogP contribution in [0.25, 0.3) is 0 Å². The van der Waals surface area contributed by atoms with E-state index in [1.165, 1.54) is 0 Å². The van der Waals surface area contributed by atoms with Gasteiger partial charge in [-0.15, -0.1) is 0 Å². The van der Waals surface area contributed by atoms with Crippen molar-refractivity contribution >= 4 is 12.8 Å². The summed E-state index contributed by atoms with van der Waals surface area (Å²) >= 11 is 0. The molecule has 2 N–H and O–H groups in total. The van der Waals surface area contributed by atoms with Gasteiger partial charge in [-0.05, 0) is 17.7 Å². The lowest BCUT2D eigenvalue weighted by molar-refractivity contribution is 0.310. The van der Waals surface area contributed by atoms with Gasteiger partial charge in [-0.1, -0.05) is 48.5 Å². The molecule has 2 aromatic rings. The largest absolute Gasteiger partial charge is 0.310 e. The molecule has 88 valence electrons. The predicted molar refractivity (Wildman–Crippen MR) is 69.1 cm³/mol. The van der Waals surface area contributed by atoms with Gasteiger partial charge >= 0.3 is 0 Å². The van der Waals surface area contributed by atoms with Gasteiger partial charge in [0.15, 0.2) is 0 Å². The minimum Gasteiger partial charge on any atom is -0.310 e. The van der Waals surface area contributed by atoms with Crippen LogP contribution in [0.3, 0.4) is 0 Å². The summed E-state index contributed by atoms with van der Waals surface area (Å²) in [7, 11) is -3.21. The minimum absolute atomic E-state index is 0.253. The van der Waals surface area contributed by atoms with Crippen LogP contribution in [0, 0.1) is 0 Å². The summed E-state index contributed by atoms with van der Waals surface area (Å²) in [5.74, 6) is 0. The monoisotopic (exact) mass is 247 g/mol. The first-order valence-corrected chi connectivity index (χ1v) is 7.00. The highest BCUT2D eigenvalue weighted by Crippen LogP contribution is 2.37. The van der Waals surface area contributed by atoms with Crippen molar-refractivity contribution in [2.24, 2.45) is 5.50 Å². The van der Waals surface area contributed by atoms with Gasteiger partial charge in [-0.3, -0.25) is 10.1 Å². The van der Waals surface area contributed by atoms with Crippen molar-refractivity contribution in [3.8, 4) is 0 Å². The van der Waals surface area contributed by atoms with Gasteiger partial charge in [0.2, 0.25) is 0 Å². The lowest BCUT2D eigenvalue weighted by Gasteiger charge is -2.13. The second kappa shape index (κ2) is 5.28. The minimum atomic E-state index is -3.21. The van der Waals surface area contributed by atoms with E-state index >= 15 is 0 Å². The van der Waals surface area contributed by atoms with E-state index in [0.29, 0.717) is 5.30 Å². The molecule has 0 aliphatic heterocycles. The van der Waals surface area contributed by atoms with Crippen LogP contribution < -0.4 is 10.8 Å². The fourth-order valence-electron chi connectivity index (χ4n) is 1.45. The zero-order valence-electron chi connectivity index (χ0n) is 9.32. The molecule has 0 saturated heterocycles. The van der Waals surface area contributed by atoms with E-state index in [1.807, 2.05) is 36.4 Å². The maximum atomic E-state index is 12.1. The van der Waals surface area contributed by atoms with Crippen molar-refractivity contribution in [1.82, 2.24) is 0 Å².